The molecule has 0 atom stereocenters. The monoisotopic (exact) mass is 273 g/mol. The predicted molar refractivity (Wildman–Crippen MR) is 84.5 cm³/mol. The zero-order valence-electron chi connectivity index (χ0n) is 12.9. The number of rotatable bonds is 10. The van der Waals surface area contributed by atoms with Gasteiger partial charge in [0.25, 0.3) is 0 Å². The highest BCUT2D eigenvalue weighted by molar-refractivity contribution is 5.32. The van der Waals surface area contributed by atoms with E-state index in [4.69, 9.17) is 5.26 Å². The van der Waals surface area contributed by atoms with Crippen molar-refractivity contribution in [1.29, 1.82) is 5.26 Å². The molecule has 0 amide bonds. The van der Waals surface area contributed by atoms with E-state index in [1.165, 1.54) is 44.2 Å². The van der Waals surface area contributed by atoms with Crippen molar-refractivity contribution in [2.45, 2.75) is 38.6 Å². The molecule has 1 rings (SSSR count). The fourth-order valence-electron chi connectivity index (χ4n) is 2.19. The molecule has 110 valence electrons. The third-order valence-electron chi connectivity index (χ3n) is 3.34. The second-order valence-corrected chi connectivity index (χ2v) is 5.56. The van der Waals surface area contributed by atoms with Gasteiger partial charge in [-0.2, -0.15) is 5.26 Å². The first-order valence-electron chi connectivity index (χ1n) is 7.57. The van der Waals surface area contributed by atoms with Gasteiger partial charge in [0.1, 0.15) is 0 Å². The summed E-state index contributed by atoms with van der Waals surface area (Å²) in [6, 6.07) is 9.98. The molecule has 1 aromatic rings. The van der Waals surface area contributed by atoms with Gasteiger partial charge in [0.2, 0.25) is 0 Å². The second kappa shape index (κ2) is 10.4. The molecule has 1 aromatic carbocycles. The summed E-state index contributed by atoms with van der Waals surface area (Å²) in [5, 5.41) is 12.3. The van der Waals surface area contributed by atoms with Crippen molar-refractivity contribution in [3.63, 3.8) is 0 Å². The maximum absolute atomic E-state index is 8.84. The molecule has 20 heavy (non-hydrogen) atoms. The number of hydrogen-bond acceptors (Lipinski definition) is 3. The molecule has 3 heteroatoms. The van der Waals surface area contributed by atoms with Crippen LogP contribution in [0.5, 0.6) is 0 Å². The Morgan fingerprint density at radius 2 is 1.85 bits per heavy atom. The van der Waals surface area contributed by atoms with Crippen molar-refractivity contribution in [2.75, 3.05) is 27.2 Å². The van der Waals surface area contributed by atoms with E-state index in [1.807, 2.05) is 18.2 Å². The van der Waals surface area contributed by atoms with Crippen molar-refractivity contribution in [2.24, 2.45) is 0 Å². The predicted octanol–water partition coefficient (Wildman–Crippen LogP) is 3.16. The third-order valence-corrected chi connectivity index (χ3v) is 3.34. The molecule has 1 N–H and O–H groups in total. The van der Waals surface area contributed by atoms with Gasteiger partial charge in [-0.05, 0) is 57.7 Å². The Balaban J connectivity index is 1.98. The molecule has 0 saturated carbocycles. The van der Waals surface area contributed by atoms with Crippen LogP contribution in [0.25, 0.3) is 0 Å². The summed E-state index contributed by atoms with van der Waals surface area (Å²) in [6.45, 7) is 3.12. The third kappa shape index (κ3) is 7.93. The Morgan fingerprint density at radius 3 is 2.60 bits per heavy atom. The molecule has 0 radical (unpaired) electrons. The Bertz CT molecular complexity index is 407. The second-order valence-electron chi connectivity index (χ2n) is 5.56. The molecule has 0 bridgehead atoms. The smallest absolute Gasteiger partial charge is 0.0991 e. The molecule has 3 nitrogen and oxygen atoms in total. The minimum Gasteiger partial charge on any atom is -0.313 e. The molecule has 0 heterocycles. The summed E-state index contributed by atoms with van der Waals surface area (Å²) in [5.74, 6) is 0. The normalized spacial score (nSPS) is 10.7. The lowest BCUT2D eigenvalue weighted by Crippen LogP contribution is -2.15. The SMILES string of the molecule is CN(C)CCCCCCCNCc1cccc(C#N)c1. The summed E-state index contributed by atoms with van der Waals surface area (Å²) in [7, 11) is 4.26. The highest BCUT2D eigenvalue weighted by atomic mass is 15.0. The van der Waals surface area contributed by atoms with E-state index in [9.17, 15) is 0 Å². The standard InChI is InChI=1S/C17H27N3/c1-20(2)12-7-5-3-4-6-11-19-15-17-10-8-9-16(13-17)14-18/h8-10,13,19H,3-7,11-12,15H2,1-2H3. The van der Waals surface area contributed by atoms with Crippen molar-refractivity contribution in [1.82, 2.24) is 10.2 Å². The number of nitriles is 1. The van der Waals surface area contributed by atoms with E-state index in [1.54, 1.807) is 0 Å². The van der Waals surface area contributed by atoms with E-state index < -0.39 is 0 Å². The first-order valence-corrected chi connectivity index (χ1v) is 7.57. The molecule has 0 fully saturated rings. The zero-order chi connectivity index (χ0) is 14.6. The van der Waals surface area contributed by atoms with Gasteiger partial charge in [0.05, 0.1) is 11.6 Å². The molecule has 0 aliphatic heterocycles. The highest BCUT2D eigenvalue weighted by Crippen LogP contribution is 2.05. The van der Waals surface area contributed by atoms with Crippen LogP contribution in [0, 0.1) is 11.3 Å². The summed E-state index contributed by atoms with van der Waals surface area (Å²) in [5.41, 5.74) is 1.93. The molecule has 0 aliphatic carbocycles. The van der Waals surface area contributed by atoms with Crippen LogP contribution in [0.1, 0.15) is 43.2 Å². The van der Waals surface area contributed by atoms with E-state index in [0.717, 1.165) is 18.7 Å². The molecular formula is C17H27N3. The molecular weight excluding hydrogens is 246 g/mol. The number of nitrogens with zero attached hydrogens (tertiary/aromatic N) is 2. The first-order chi connectivity index (χ1) is 9.72. The Hall–Kier alpha value is -1.37. The Labute approximate surface area is 123 Å². The zero-order valence-corrected chi connectivity index (χ0v) is 12.9. The fraction of sp³-hybridized carbons (Fsp3) is 0.588. The summed E-state index contributed by atoms with van der Waals surface area (Å²) in [4.78, 5) is 2.25. The number of unbranched alkanes of at least 4 members (excludes halogenated alkanes) is 4. The van der Waals surface area contributed by atoms with E-state index >= 15 is 0 Å². The van der Waals surface area contributed by atoms with Crippen molar-refractivity contribution >= 4 is 0 Å². The van der Waals surface area contributed by atoms with E-state index in [0.29, 0.717) is 0 Å². The maximum Gasteiger partial charge on any atom is 0.0991 e. The maximum atomic E-state index is 8.84. The van der Waals surface area contributed by atoms with Gasteiger partial charge in [0, 0.05) is 6.54 Å². The Morgan fingerprint density at radius 1 is 1.10 bits per heavy atom. The molecule has 0 aromatic heterocycles. The van der Waals surface area contributed by atoms with Crippen LogP contribution in [0.4, 0.5) is 0 Å². The van der Waals surface area contributed by atoms with Gasteiger partial charge in [0.15, 0.2) is 0 Å². The molecule has 0 aliphatic rings. The Kier molecular flexibility index (Phi) is 8.69. The van der Waals surface area contributed by atoms with Crippen LogP contribution in [0.2, 0.25) is 0 Å². The van der Waals surface area contributed by atoms with Crippen molar-refractivity contribution < 1.29 is 0 Å². The lowest BCUT2D eigenvalue weighted by atomic mass is 10.1. The van der Waals surface area contributed by atoms with Crippen LogP contribution in [-0.4, -0.2) is 32.1 Å². The van der Waals surface area contributed by atoms with Crippen LogP contribution in [0.3, 0.4) is 0 Å². The van der Waals surface area contributed by atoms with Gasteiger partial charge in [-0.3, -0.25) is 0 Å². The van der Waals surface area contributed by atoms with Crippen molar-refractivity contribution in [3.8, 4) is 6.07 Å². The summed E-state index contributed by atoms with van der Waals surface area (Å²) >= 11 is 0. The van der Waals surface area contributed by atoms with Crippen LogP contribution < -0.4 is 5.32 Å². The average Bonchev–Trinajstić information content (AvgIpc) is 2.45. The lowest BCUT2D eigenvalue weighted by Gasteiger charge is -2.08. The minimum atomic E-state index is 0.741. The van der Waals surface area contributed by atoms with Gasteiger partial charge in [-0.25, -0.2) is 0 Å². The highest BCUT2D eigenvalue weighted by Gasteiger charge is 1.96. The van der Waals surface area contributed by atoms with Gasteiger partial charge in [-0.1, -0.05) is 31.4 Å². The average molecular weight is 273 g/mol. The first kappa shape index (κ1) is 16.7. The number of benzene rings is 1. The number of nitrogens with one attached hydrogen (secondary N) is 1. The quantitative estimate of drug-likeness (QED) is 0.666. The van der Waals surface area contributed by atoms with Crippen molar-refractivity contribution in [3.05, 3.63) is 35.4 Å². The van der Waals surface area contributed by atoms with Crippen LogP contribution >= 0.6 is 0 Å². The van der Waals surface area contributed by atoms with Crippen LogP contribution in [0.15, 0.2) is 24.3 Å². The van der Waals surface area contributed by atoms with E-state index in [-0.39, 0.29) is 0 Å². The summed E-state index contributed by atoms with van der Waals surface area (Å²) < 4.78 is 0. The number of hydrogen-bond donors (Lipinski definition) is 1. The lowest BCUT2D eigenvalue weighted by molar-refractivity contribution is 0.389. The van der Waals surface area contributed by atoms with Crippen LogP contribution in [-0.2, 0) is 6.54 Å². The molecule has 0 saturated heterocycles. The van der Waals surface area contributed by atoms with E-state index in [2.05, 4.69) is 36.4 Å². The summed E-state index contributed by atoms with van der Waals surface area (Å²) in [6.07, 6.45) is 6.52. The minimum absolute atomic E-state index is 0.741. The topological polar surface area (TPSA) is 39.1 Å². The molecule has 0 unspecified atom stereocenters. The largest absolute Gasteiger partial charge is 0.313 e. The van der Waals surface area contributed by atoms with Gasteiger partial charge in [-0.15, -0.1) is 0 Å². The molecule has 0 spiro atoms. The van der Waals surface area contributed by atoms with Gasteiger partial charge >= 0.3 is 0 Å². The van der Waals surface area contributed by atoms with Gasteiger partial charge < -0.3 is 10.2 Å². The fourth-order valence-corrected chi connectivity index (χ4v) is 2.19.